The van der Waals surface area contributed by atoms with Gasteiger partial charge in [0.15, 0.2) is 0 Å². The monoisotopic (exact) mass is 529 g/mol. The summed E-state index contributed by atoms with van der Waals surface area (Å²) in [5.41, 5.74) is 3.94. The maximum Gasteiger partial charge on any atom is 0.416 e. The van der Waals surface area contributed by atoms with Gasteiger partial charge in [-0.1, -0.05) is 0 Å². The molecule has 12 heteroatoms. The molecule has 4 heterocycles. The summed E-state index contributed by atoms with van der Waals surface area (Å²) in [6, 6.07) is 12.7. The molecule has 0 aliphatic heterocycles. The van der Waals surface area contributed by atoms with Crippen LogP contribution in [0.5, 0.6) is 0 Å². The van der Waals surface area contributed by atoms with Crippen LogP contribution in [0.1, 0.15) is 22.6 Å². The van der Waals surface area contributed by atoms with Crippen molar-refractivity contribution in [2.24, 2.45) is 10.2 Å². The second-order valence-corrected chi connectivity index (χ2v) is 8.69. The second-order valence-electron chi connectivity index (χ2n) is 8.69. The van der Waals surface area contributed by atoms with Crippen molar-refractivity contribution >= 4 is 17.3 Å². The van der Waals surface area contributed by atoms with Gasteiger partial charge in [0.1, 0.15) is 6.54 Å². The Labute approximate surface area is 221 Å². The summed E-state index contributed by atoms with van der Waals surface area (Å²) in [5, 5.41) is 11.3. The lowest BCUT2D eigenvalue weighted by atomic mass is 10.1. The summed E-state index contributed by atoms with van der Waals surface area (Å²) in [6.45, 7) is 3.79. The van der Waals surface area contributed by atoms with E-state index in [-0.39, 0.29) is 18.2 Å². The number of hydrogen-bond acceptors (Lipinski definition) is 8. The largest absolute Gasteiger partial charge is 0.416 e. The fraction of sp³-hybridized carbons (Fsp3) is 0.148. The molecule has 0 aliphatic rings. The Morgan fingerprint density at radius 3 is 2.49 bits per heavy atom. The van der Waals surface area contributed by atoms with Crippen LogP contribution in [0.15, 0.2) is 89.9 Å². The molecule has 0 amide bonds. The van der Waals surface area contributed by atoms with E-state index in [0.29, 0.717) is 28.5 Å². The van der Waals surface area contributed by atoms with E-state index >= 15 is 0 Å². The lowest BCUT2D eigenvalue weighted by Gasteiger charge is -2.14. The highest BCUT2D eigenvalue weighted by atomic mass is 19.4. The van der Waals surface area contributed by atoms with E-state index in [4.69, 9.17) is 0 Å². The third-order valence-corrected chi connectivity index (χ3v) is 5.56. The molecule has 5 aromatic rings. The number of pyridine rings is 2. The number of hydrogen-bond donors (Lipinski definition) is 1. The number of aryl methyl sites for hydroxylation is 2. The van der Waals surface area contributed by atoms with Crippen molar-refractivity contribution in [2.75, 3.05) is 5.32 Å². The Kier molecular flexibility index (Phi) is 7.08. The number of halogens is 3. The van der Waals surface area contributed by atoms with Gasteiger partial charge in [-0.3, -0.25) is 9.97 Å². The molecule has 9 nitrogen and oxygen atoms in total. The molecule has 0 radical (unpaired) electrons. The zero-order valence-corrected chi connectivity index (χ0v) is 20.9. The number of benzene rings is 1. The summed E-state index contributed by atoms with van der Waals surface area (Å²) >= 11 is 0. The SMILES string of the molecule is Cc1cn(-c2cc(Nc3ccc(CN=Nc4nc(C)cc(-c5cccnc5)n4)nc3)cc(C(F)(F)F)c2)cn1. The highest BCUT2D eigenvalue weighted by molar-refractivity contribution is 5.63. The molecule has 0 saturated heterocycles. The number of aromatic nitrogens is 6. The average Bonchev–Trinajstić information content (AvgIpc) is 3.35. The van der Waals surface area contributed by atoms with Crippen LogP contribution >= 0.6 is 0 Å². The first-order valence-electron chi connectivity index (χ1n) is 11.8. The normalized spacial score (nSPS) is 11.7. The van der Waals surface area contributed by atoms with Crippen LogP contribution in [0.25, 0.3) is 16.9 Å². The van der Waals surface area contributed by atoms with E-state index in [1.807, 2.05) is 25.1 Å². The first-order chi connectivity index (χ1) is 18.7. The van der Waals surface area contributed by atoms with Crippen LogP contribution in [0.3, 0.4) is 0 Å². The average molecular weight is 530 g/mol. The fourth-order valence-corrected chi connectivity index (χ4v) is 3.75. The summed E-state index contributed by atoms with van der Waals surface area (Å²) in [5.74, 6) is 0.223. The predicted molar refractivity (Wildman–Crippen MR) is 139 cm³/mol. The van der Waals surface area contributed by atoms with Gasteiger partial charge >= 0.3 is 6.18 Å². The molecule has 1 N–H and O–H groups in total. The molecule has 196 valence electrons. The fourth-order valence-electron chi connectivity index (χ4n) is 3.75. The van der Waals surface area contributed by atoms with Gasteiger partial charge < -0.3 is 9.88 Å². The Bertz CT molecular complexity index is 1610. The van der Waals surface area contributed by atoms with E-state index in [2.05, 4.69) is 40.5 Å². The minimum absolute atomic E-state index is 0.174. The summed E-state index contributed by atoms with van der Waals surface area (Å²) < 4.78 is 42.1. The van der Waals surface area contributed by atoms with Crippen molar-refractivity contribution in [3.8, 4) is 16.9 Å². The molecule has 0 fully saturated rings. The number of azo groups is 1. The Morgan fingerprint density at radius 2 is 1.79 bits per heavy atom. The standard InChI is InChI=1S/C27H22F3N9/c1-17-8-25(19-4-3-7-31-12-19)37-26(35-17)38-34-14-21-5-6-22(13-32-21)36-23-9-20(27(28,29)30)10-24(11-23)39-15-18(2)33-16-39/h3-13,15-16,36H,14H2,1-2H3. The number of alkyl halides is 3. The van der Waals surface area contributed by atoms with Crippen LogP contribution in [-0.4, -0.2) is 29.5 Å². The van der Waals surface area contributed by atoms with Crippen molar-refractivity contribution in [3.63, 3.8) is 0 Å². The quantitative estimate of drug-likeness (QED) is 0.233. The first kappa shape index (κ1) is 25.6. The van der Waals surface area contributed by atoms with Crippen LogP contribution in [0.2, 0.25) is 0 Å². The van der Waals surface area contributed by atoms with Gasteiger partial charge in [0.25, 0.3) is 5.95 Å². The van der Waals surface area contributed by atoms with Crippen LogP contribution in [-0.2, 0) is 12.7 Å². The molecular weight excluding hydrogens is 507 g/mol. The molecule has 0 atom stereocenters. The minimum Gasteiger partial charge on any atom is -0.354 e. The molecular formula is C27H22F3N9. The summed E-state index contributed by atoms with van der Waals surface area (Å²) in [4.78, 5) is 21.3. The smallest absolute Gasteiger partial charge is 0.354 e. The van der Waals surface area contributed by atoms with Crippen molar-refractivity contribution in [2.45, 2.75) is 26.6 Å². The van der Waals surface area contributed by atoms with Crippen LogP contribution in [0, 0.1) is 13.8 Å². The highest BCUT2D eigenvalue weighted by Crippen LogP contribution is 2.34. The van der Waals surface area contributed by atoms with Crippen LogP contribution in [0.4, 0.5) is 30.5 Å². The predicted octanol–water partition coefficient (Wildman–Crippen LogP) is 6.78. The minimum atomic E-state index is -4.51. The molecule has 1 aromatic carbocycles. The van der Waals surface area contributed by atoms with Crippen molar-refractivity contribution in [3.05, 3.63) is 102 Å². The Morgan fingerprint density at radius 1 is 0.923 bits per heavy atom. The van der Waals surface area contributed by atoms with Gasteiger partial charge in [-0.25, -0.2) is 15.0 Å². The molecule has 0 bridgehead atoms. The van der Waals surface area contributed by atoms with Gasteiger partial charge in [0, 0.05) is 41.2 Å². The molecule has 0 unspecified atom stereocenters. The van der Waals surface area contributed by atoms with Crippen molar-refractivity contribution in [1.29, 1.82) is 0 Å². The maximum atomic E-state index is 13.5. The van der Waals surface area contributed by atoms with E-state index in [0.717, 1.165) is 23.4 Å². The lowest BCUT2D eigenvalue weighted by Crippen LogP contribution is -2.07. The molecule has 0 spiro atoms. The second kappa shape index (κ2) is 10.8. The highest BCUT2D eigenvalue weighted by Gasteiger charge is 2.31. The molecule has 4 aromatic heterocycles. The lowest BCUT2D eigenvalue weighted by molar-refractivity contribution is -0.137. The van der Waals surface area contributed by atoms with E-state index in [9.17, 15) is 13.2 Å². The van der Waals surface area contributed by atoms with Gasteiger partial charge in [0.05, 0.1) is 40.9 Å². The van der Waals surface area contributed by atoms with Gasteiger partial charge in [-0.2, -0.15) is 18.3 Å². The third-order valence-electron chi connectivity index (χ3n) is 5.56. The summed E-state index contributed by atoms with van der Waals surface area (Å²) in [7, 11) is 0. The molecule has 5 rings (SSSR count). The molecule has 0 saturated carbocycles. The Balaban J connectivity index is 1.29. The number of rotatable bonds is 7. The zero-order chi connectivity index (χ0) is 27.4. The maximum absolute atomic E-state index is 13.5. The van der Waals surface area contributed by atoms with E-state index in [1.165, 1.54) is 12.5 Å². The zero-order valence-electron chi connectivity index (χ0n) is 20.9. The van der Waals surface area contributed by atoms with E-state index in [1.54, 1.807) is 48.3 Å². The topological polar surface area (TPSA) is 106 Å². The van der Waals surface area contributed by atoms with Gasteiger partial charge in [-0.05, 0) is 62.4 Å². The van der Waals surface area contributed by atoms with E-state index < -0.39 is 11.7 Å². The number of nitrogens with zero attached hydrogens (tertiary/aromatic N) is 8. The van der Waals surface area contributed by atoms with Gasteiger partial charge in [0.2, 0.25) is 0 Å². The first-order valence-corrected chi connectivity index (χ1v) is 11.8. The van der Waals surface area contributed by atoms with Crippen molar-refractivity contribution in [1.82, 2.24) is 29.5 Å². The number of anilines is 2. The van der Waals surface area contributed by atoms with Crippen molar-refractivity contribution < 1.29 is 13.2 Å². The Hall–Kier alpha value is -5.00. The molecule has 0 aliphatic carbocycles. The summed E-state index contributed by atoms with van der Waals surface area (Å²) in [6.07, 6.45) is 3.55. The molecule has 39 heavy (non-hydrogen) atoms. The number of imidazole rings is 1. The number of nitrogens with one attached hydrogen (secondary N) is 1. The van der Waals surface area contributed by atoms with Gasteiger partial charge in [-0.15, -0.1) is 5.11 Å². The third kappa shape index (κ3) is 6.47. The van der Waals surface area contributed by atoms with Crippen LogP contribution < -0.4 is 5.32 Å².